The van der Waals surface area contributed by atoms with Crippen LogP contribution in [0.3, 0.4) is 0 Å². The predicted molar refractivity (Wildman–Crippen MR) is 111 cm³/mol. The number of benzene rings is 2. The maximum absolute atomic E-state index is 14.3. The molecule has 2 aromatic carbocycles. The molecule has 1 aromatic heterocycles. The zero-order valence-electron chi connectivity index (χ0n) is 15.7. The fourth-order valence-corrected chi connectivity index (χ4v) is 3.14. The zero-order valence-corrected chi connectivity index (χ0v) is 17.3. The molecule has 1 heterocycles. The van der Waals surface area contributed by atoms with Crippen molar-refractivity contribution in [1.29, 1.82) is 0 Å². The van der Waals surface area contributed by atoms with Crippen molar-refractivity contribution in [2.75, 3.05) is 6.54 Å². The number of carbonyl (C=O) groups is 2. The molecule has 0 saturated carbocycles. The van der Waals surface area contributed by atoms with Gasteiger partial charge in [0, 0.05) is 48.0 Å². The quantitative estimate of drug-likeness (QED) is 0.569. The number of aromatic nitrogens is 2. The number of carbonyl (C=O) groups excluding carboxylic acids is 2. The molecule has 3 aromatic rings. The molecule has 2 amide bonds. The van der Waals surface area contributed by atoms with Gasteiger partial charge in [-0.25, -0.2) is 9.37 Å². The monoisotopic (exact) mass is 458 g/mol. The Morgan fingerprint density at radius 1 is 1.17 bits per heavy atom. The predicted octanol–water partition coefficient (Wildman–Crippen LogP) is 3.35. The minimum absolute atomic E-state index is 0.0532. The van der Waals surface area contributed by atoms with Crippen LogP contribution in [0.4, 0.5) is 4.39 Å². The van der Waals surface area contributed by atoms with Crippen molar-refractivity contribution >= 4 is 27.7 Å². The Kier molecular flexibility index (Phi) is 6.77. The van der Waals surface area contributed by atoms with Crippen LogP contribution in [0.25, 0.3) is 0 Å². The van der Waals surface area contributed by atoms with Gasteiger partial charge in [0.25, 0.3) is 5.91 Å². The highest BCUT2D eigenvalue weighted by Gasteiger charge is 2.23. The summed E-state index contributed by atoms with van der Waals surface area (Å²) in [5.41, 5.74) is 0.833. The van der Waals surface area contributed by atoms with E-state index in [0.717, 1.165) is 4.47 Å². The lowest BCUT2D eigenvalue weighted by Crippen LogP contribution is -2.34. The minimum Gasteiger partial charge on any atom is -0.352 e. The Balaban J connectivity index is 1.63. The van der Waals surface area contributed by atoms with Crippen molar-refractivity contribution in [2.24, 2.45) is 7.05 Å². The zero-order chi connectivity index (χ0) is 20.8. The minimum atomic E-state index is -0.731. The molecule has 29 heavy (non-hydrogen) atoms. The lowest BCUT2D eigenvalue weighted by atomic mass is 10.1. The largest absolute Gasteiger partial charge is 0.352 e. The summed E-state index contributed by atoms with van der Waals surface area (Å²) in [4.78, 5) is 28.9. The summed E-state index contributed by atoms with van der Waals surface area (Å²) in [6, 6.07) is 12.4. The molecule has 0 saturated heterocycles. The summed E-state index contributed by atoms with van der Waals surface area (Å²) in [5, 5.41) is 5.53. The van der Waals surface area contributed by atoms with Crippen LogP contribution >= 0.6 is 15.9 Å². The molecule has 1 atom stereocenters. The average molecular weight is 459 g/mol. The highest BCUT2D eigenvalue weighted by molar-refractivity contribution is 9.10. The summed E-state index contributed by atoms with van der Waals surface area (Å²) >= 11 is 3.32. The fraction of sp³-hybridized carbons (Fsp3) is 0.190. The van der Waals surface area contributed by atoms with Gasteiger partial charge in [-0.3, -0.25) is 9.59 Å². The van der Waals surface area contributed by atoms with Gasteiger partial charge in [-0.1, -0.05) is 34.1 Å². The molecule has 8 heteroatoms. The highest BCUT2D eigenvalue weighted by Crippen LogP contribution is 2.23. The number of halogens is 2. The fourth-order valence-electron chi connectivity index (χ4n) is 2.87. The van der Waals surface area contributed by atoms with Gasteiger partial charge < -0.3 is 15.2 Å². The van der Waals surface area contributed by atoms with E-state index < -0.39 is 11.9 Å². The topological polar surface area (TPSA) is 76.0 Å². The third-order valence-electron chi connectivity index (χ3n) is 4.38. The molecular weight excluding hydrogens is 439 g/mol. The van der Waals surface area contributed by atoms with Crippen molar-refractivity contribution in [3.8, 4) is 0 Å². The molecule has 2 N–H and O–H groups in total. The first kappa shape index (κ1) is 20.7. The summed E-state index contributed by atoms with van der Waals surface area (Å²) in [5.74, 6) is -0.496. The number of hydrogen-bond acceptors (Lipinski definition) is 3. The first-order valence-electron chi connectivity index (χ1n) is 9.00. The lowest BCUT2D eigenvalue weighted by molar-refractivity contribution is -0.121. The molecular formula is C21H20BrFN4O2. The van der Waals surface area contributed by atoms with Crippen LogP contribution in [0.5, 0.6) is 0 Å². The summed E-state index contributed by atoms with van der Waals surface area (Å²) < 4.78 is 16.9. The molecule has 3 rings (SSSR count). The van der Waals surface area contributed by atoms with Crippen molar-refractivity contribution in [3.63, 3.8) is 0 Å². The van der Waals surface area contributed by atoms with E-state index in [9.17, 15) is 14.0 Å². The SMILES string of the molecule is Cn1ccnc1C(NC(=O)CCNC(=O)c1ccc(Br)cc1)c1ccccc1F. The molecule has 150 valence electrons. The number of rotatable bonds is 7. The number of hydrogen-bond donors (Lipinski definition) is 2. The van der Waals surface area contributed by atoms with E-state index in [0.29, 0.717) is 17.0 Å². The molecule has 6 nitrogen and oxygen atoms in total. The van der Waals surface area contributed by atoms with Crippen molar-refractivity contribution in [2.45, 2.75) is 12.5 Å². The van der Waals surface area contributed by atoms with Crippen molar-refractivity contribution in [1.82, 2.24) is 20.2 Å². The lowest BCUT2D eigenvalue weighted by Gasteiger charge is -2.20. The van der Waals surface area contributed by atoms with Gasteiger partial charge in [0.1, 0.15) is 17.7 Å². The van der Waals surface area contributed by atoms with Gasteiger partial charge >= 0.3 is 0 Å². The Labute approximate surface area is 176 Å². The van der Waals surface area contributed by atoms with Crippen LogP contribution in [0.1, 0.15) is 34.2 Å². The standard InChI is InChI=1S/C21H20BrFN4O2/c1-27-13-12-24-20(27)19(16-4-2-3-5-17(16)23)26-18(28)10-11-25-21(29)14-6-8-15(22)9-7-14/h2-9,12-13,19H,10-11H2,1H3,(H,25,29)(H,26,28). The summed E-state index contributed by atoms with van der Waals surface area (Å²) in [6.07, 6.45) is 3.37. The summed E-state index contributed by atoms with van der Waals surface area (Å²) in [7, 11) is 1.78. The number of aryl methyl sites for hydroxylation is 1. The second kappa shape index (κ2) is 9.47. The van der Waals surface area contributed by atoms with Crippen molar-refractivity contribution < 1.29 is 14.0 Å². The maximum atomic E-state index is 14.3. The molecule has 0 aliphatic heterocycles. The number of imidazole rings is 1. The van der Waals surface area contributed by atoms with Gasteiger partial charge in [0.05, 0.1) is 0 Å². The molecule has 0 aliphatic carbocycles. The average Bonchev–Trinajstić information content (AvgIpc) is 3.13. The normalized spacial score (nSPS) is 11.7. The van der Waals surface area contributed by atoms with E-state index >= 15 is 0 Å². The van der Waals surface area contributed by atoms with Crippen LogP contribution in [0.15, 0.2) is 65.4 Å². The van der Waals surface area contributed by atoms with E-state index in [1.807, 2.05) is 0 Å². The molecule has 0 spiro atoms. The van der Waals surface area contributed by atoms with Gasteiger partial charge in [0.2, 0.25) is 5.91 Å². The van der Waals surface area contributed by atoms with Crippen LogP contribution in [0.2, 0.25) is 0 Å². The van der Waals surface area contributed by atoms with Gasteiger partial charge in [-0.2, -0.15) is 0 Å². The summed E-state index contributed by atoms with van der Waals surface area (Å²) in [6.45, 7) is 0.158. The van der Waals surface area contributed by atoms with Gasteiger partial charge in [-0.15, -0.1) is 0 Å². The first-order valence-corrected chi connectivity index (χ1v) is 9.80. The van der Waals surface area contributed by atoms with Crippen LogP contribution in [-0.2, 0) is 11.8 Å². The van der Waals surface area contributed by atoms with E-state index in [-0.39, 0.29) is 24.8 Å². The molecule has 0 fully saturated rings. The molecule has 0 aliphatic rings. The Morgan fingerprint density at radius 2 is 1.90 bits per heavy atom. The highest BCUT2D eigenvalue weighted by atomic mass is 79.9. The number of nitrogens with one attached hydrogen (secondary N) is 2. The molecule has 0 bridgehead atoms. The van der Waals surface area contributed by atoms with Gasteiger partial charge in [0.15, 0.2) is 0 Å². The van der Waals surface area contributed by atoms with Gasteiger partial charge in [-0.05, 0) is 30.3 Å². The Bertz CT molecular complexity index is 1000. The molecule has 1 unspecified atom stereocenters. The number of amides is 2. The second-order valence-electron chi connectivity index (χ2n) is 6.43. The van der Waals surface area contributed by atoms with Crippen LogP contribution in [-0.4, -0.2) is 27.9 Å². The van der Waals surface area contributed by atoms with E-state index in [1.165, 1.54) is 6.07 Å². The van der Waals surface area contributed by atoms with Crippen LogP contribution in [0, 0.1) is 5.82 Å². The van der Waals surface area contributed by atoms with Crippen molar-refractivity contribution in [3.05, 3.63) is 88.2 Å². The van der Waals surface area contributed by atoms with Crippen LogP contribution < -0.4 is 10.6 Å². The Hall–Kier alpha value is -3.00. The van der Waals surface area contributed by atoms with E-state index in [1.54, 1.807) is 66.5 Å². The third kappa shape index (κ3) is 5.29. The third-order valence-corrected chi connectivity index (χ3v) is 4.91. The second-order valence-corrected chi connectivity index (χ2v) is 7.35. The Morgan fingerprint density at radius 3 is 2.55 bits per heavy atom. The van der Waals surface area contributed by atoms with E-state index in [4.69, 9.17) is 0 Å². The number of nitrogens with zero attached hydrogens (tertiary/aromatic N) is 2. The smallest absolute Gasteiger partial charge is 0.251 e. The maximum Gasteiger partial charge on any atom is 0.251 e. The molecule has 0 radical (unpaired) electrons. The first-order chi connectivity index (χ1) is 14.0. The van der Waals surface area contributed by atoms with E-state index in [2.05, 4.69) is 31.5 Å².